The van der Waals surface area contributed by atoms with Crippen molar-refractivity contribution in [1.82, 2.24) is 14.3 Å². The number of anilines is 1. The molecule has 0 fully saturated rings. The number of rotatable bonds is 5. The number of carbonyl (C=O) groups excluding carboxylic acids is 1. The molecule has 0 saturated carbocycles. The number of ether oxygens (including phenoxy) is 1. The average molecular weight is 463 g/mol. The number of hydrogen-bond donors (Lipinski definition) is 4. The van der Waals surface area contributed by atoms with Crippen LogP contribution in [0.25, 0.3) is 0 Å². The predicted molar refractivity (Wildman–Crippen MR) is 110 cm³/mol. The van der Waals surface area contributed by atoms with Crippen molar-refractivity contribution < 1.29 is 27.4 Å². The third kappa shape index (κ3) is 4.03. The van der Waals surface area contributed by atoms with Gasteiger partial charge in [-0.1, -0.05) is 0 Å². The smallest absolute Gasteiger partial charge is 0.387 e. The highest BCUT2D eigenvalue weighted by molar-refractivity contribution is 8.23. The fourth-order valence-corrected chi connectivity index (χ4v) is 5.33. The number of amides is 1. The third-order valence-electron chi connectivity index (χ3n) is 4.71. The Morgan fingerprint density at radius 3 is 2.77 bits per heavy atom. The third-order valence-corrected chi connectivity index (χ3v) is 8.18. The fraction of sp³-hybridized carbons (Fsp3) is 0.375. The second-order valence-corrected chi connectivity index (χ2v) is 9.80. The number of nitrogens with one attached hydrogen (secondary N) is 1. The van der Waals surface area contributed by atoms with Gasteiger partial charge in [0.05, 0.1) is 11.4 Å². The Labute approximate surface area is 176 Å². The highest BCUT2D eigenvalue weighted by Crippen LogP contribution is 2.57. The zero-order valence-electron chi connectivity index (χ0n) is 16.1. The van der Waals surface area contributed by atoms with Crippen molar-refractivity contribution in [2.75, 3.05) is 12.4 Å². The van der Waals surface area contributed by atoms with Crippen molar-refractivity contribution in [3.63, 3.8) is 0 Å². The molecule has 2 aromatic rings. The van der Waals surface area contributed by atoms with Crippen molar-refractivity contribution in [2.45, 2.75) is 31.2 Å². The van der Waals surface area contributed by atoms with Gasteiger partial charge in [0.25, 0.3) is 5.91 Å². The Kier molecular flexibility index (Phi) is 5.86. The largest absolute Gasteiger partial charge is 0.433 e. The minimum Gasteiger partial charge on any atom is -0.433 e. The quantitative estimate of drug-likeness (QED) is 0.530. The van der Waals surface area contributed by atoms with Crippen molar-refractivity contribution in [3.05, 3.63) is 34.4 Å². The minimum absolute atomic E-state index is 0.0264. The lowest BCUT2D eigenvalue weighted by atomic mass is 10.0. The Morgan fingerprint density at radius 2 is 2.17 bits per heavy atom. The molecule has 0 unspecified atom stereocenters. The Hall–Kier alpha value is -2.55. The number of carbonyl (C=O) groups is 1. The second kappa shape index (κ2) is 7.94. The van der Waals surface area contributed by atoms with Crippen LogP contribution in [0, 0.1) is 0 Å². The van der Waals surface area contributed by atoms with E-state index in [-0.39, 0.29) is 23.2 Å². The molecular weight excluding hydrogens is 442 g/mol. The van der Waals surface area contributed by atoms with Gasteiger partial charge in [0, 0.05) is 12.4 Å². The van der Waals surface area contributed by atoms with Crippen molar-refractivity contribution in [1.29, 1.82) is 0 Å². The lowest BCUT2D eigenvalue weighted by molar-refractivity contribution is -0.0500. The normalized spacial score (nSPS) is 24.3. The van der Waals surface area contributed by atoms with Crippen LogP contribution in [0.15, 0.2) is 28.7 Å². The van der Waals surface area contributed by atoms with Crippen LogP contribution in [0.3, 0.4) is 0 Å². The molecule has 1 aliphatic rings. The van der Waals surface area contributed by atoms with E-state index in [1.54, 1.807) is 19.2 Å². The van der Waals surface area contributed by atoms with Crippen LogP contribution in [0.5, 0.6) is 5.75 Å². The lowest BCUT2D eigenvalue weighted by Crippen LogP contribution is -2.52. The van der Waals surface area contributed by atoms with Crippen LogP contribution >= 0.6 is 22.1 Å². The molecular formula is C16H20F2N6O4S2. The average Bonchev–Trinajstić information content (AvgIpc) is 3.14. The number of nitrogens with zero attached hydrogens (tertiary/aromatic N) is 4. The molecule has 164 valence electrons. The number of alkyl halides is 2. The maximum Gasteiger partial charge on any atom is 0.387 e. The molecule has 5 N–H and O–H groups in total. The molecule has 3 heterocycles. The number of pyridine rings is 1. The first-order valence-electron chi connectivity index (χ1n) is 8.49. The van der Waals surface area contributed by atoms with Crippen LogP contribution < -0.4 is 15.8 Å². The second-order valence-electron chi connectivity index (χ2n) is 6.57. The summed E-state index contributed by atoms with van der Waals surface area (Å²) in [6, 6.07) is 2.44. The summed E-state index contributed by atoms with van der Waals surface area (Å²) in [7, 11) is -1.79. The number of aromatic nitrogens is 2. The summed E-state index contributed by atoms with van der Waals surface area (Å²) >= 11 is 1.17. The number of halogens is 2. The zero-order valence-corrected chi connectivity index (χ0v) is 17.7. The van der Waals surface area contributed by atoms with Gasteiger partial charge < -0.3 is 15.8 Å². The Balaban J connectivity index is 1.79. The van der Waals surface area contributed by atoms with Crippen LogP contribution in [-0.4, -0.2) is 54.2 Å². The summed E-state index contributed by atoms with van der Waals surface area (Å²) < 4.78 is 50.7. The predicted octanol–water partition coefficient (Wildman–Crippen LogP) is 2.92. The van der Waals surface area contributed by atoms with Gasteiger partial charge in [-0.2, -0.15) is 8.78 Å². The van der Waals surface area contributed by atoms with Crippen LogP contribution in [0.4, 0.5) is 14.6 Å². The molecule has 1 amide bonds. The number of nitrogens with two attached hydrogens (primary N) is 1. The Morgan fingerprint density at radius 1 is 1.47 bits per heavy atom. The van der Waals surface area contributed by atoms with E-state index < -0.39 is 34.1 Å². The van der Waals surface area contributed by atoms with Gasteiger partial charge >= 0.3 is 6.61 Å². The summed E-state index contributed by atoms with van der Waals surface area (Å²) in [6.45, 7) is 0.326. The molecule has 0 bridgehead atoms. The fourth-order valence-electron chi connectivity index (χ4n) is 2.73. The molecule has 0 radical (unpaired) electrons. The van der Waals surface area contributed by atoms with E-state index in [1.807, 2.05) is 0 Å². The van der Waals surface area contributed by atoms with Crippen molar-refractivity contribution >= 4 is 39.8 Å². The lowest BCUT2D eigenvalue weighted by Gasteiger charge is -2.53. The molecule has 0 saturated heterocycles. The first-order chi connectivity index (χ1) is 13.9. The van der Waals surface area contributed by atoms with E-state index in [4.69, 9.17) is 5.73 Å². The molecule has 2 atom stereocenters. The van der Waals surface area contributed by atoms with Crippen LogP contribution in [0.1, 0.15) is 29.3 Å². The highest BCUT2D eigenvalue weighted by atomic mass is 32.3. The van der Waals surface area contributed by atoms with E-state index >= 15 is 0 Å². The van der Waals surface area contributed by atoms with Gasteiger partial charge in [-0.3, -0.25) is 13.9 Å². The molecule has 10 nitrogen and oxygen atoms in total. The zero-order chi connectivity index (χ0) is 22.3. The molecule has 0 aromatic carbocycles. The van der Waals surface area contributed by atoms with E-state index in [0.29, 0.717) is 5.01 Å². The number of hydrogen-bond acceptors (Lipinski definition) is 10. The van der Waals surface area contributed by atoms with Crippen LogP contribution in [0.2, 0.25) is 0 Å². The number of thiazole rings is 1. The van der Waals surface area contributed by atoms with E-state index in [2.05, 4.69) is 25.0 Å². The summed E-state index contributed by atoms with van der Waals surface area (Å²) in [6.07, 6.45) is 1.01. The summed E-state index contributed by atoms with van der Waals surface area (Å²) in [5.74, 6) is -0.612. The van der Waals surface area contributed by atoms with Gasteiger partial charge in [-0.15, -0.1) is 22.1 Å². The summed E-state index contributed by atoms with van der Waals surface area (Å²) in [5.41, 5.74) is 4.71. The van der Waals surface area contributed by atoms with Crippen molar-refractivity contribution in [2.24, 2.45) is 10.7 Å². The number of guanidine groups is 1. The molecule has 0 spiro atoms. The van der Waals surface area contributed by atoms with E-state index in [9.17, 15) is 22.7 Å². The van der Waals surface area contributed by atoms with Gasteiger partial charge in [0.2, 0.25) is 5.96 Å². The van der Waals surface area contributed by atoms with Gasteiger partial charge in [0.1, 0.15) is 27.8 Å². The van der Waals surface area contributed by atoms with Crippen molar-refractivity contribution in [3.8, 4) is 5.75 Å². The van der Waals surface area contributed by atoms with E-state index in [0.717, 1.165) is 10.5 Å². The molecule has 30 heavy (non-hydrogen) atoms. The highest BCUT2D eigenvalue weighted by Gasteiger charge is 2.49. The minimum atomic E-state index is -3.23. The molecule has 1 aliphatic heterocycles. The van der Waals surface area contributed by atoms with E-state index in [1.165, 1.54) is 30.5 Å². The van der Waals surface area contributed by atoms with Gasteiger partial charge in [-0.05, 0) is 26.0 Å². The number of aliphatic imine (C=N–C) groups is 1. The molecule has 0 aliphatic carbocycles. The monoisotopic (exact) mass is 462 g/mol. The topological polar surface area (TPSA) is 146 Å². The standard InChI is InChI=1S/C16H20F2N6O4S2/c1-8-16(2,23-15(19)24(3)30(8,26)27)13-22-11(7-29-13)21-12(25)10-5-4-9(6-20-10)28-14(17)18/h4-8,14,26-27H,1-3H3,(H2,19,23)(H,21,25)/t8-,16+/m1/s1. The van der Waals surface area contributed by atoms with Gasteiger partial charge in [-0.25, -0.2) is 19.3 Å². The first-order valence-corrected chi connectivity index (χ1v) is 10.9. The summed E-state index contributed by atoms with van der Waals surface area (Å²) in [4.78, 5) is 24.9. The maximum absolute atomic E-state index is 12.3. The molecule has 3 rings (SSSR count). The molecule has 2 aromatic heterocycles. The van der Waals surface area contributed by atoms with Gasteiger partial charge in [0.15, 0.2) is 0 Å². The summed E-state index contributed by atoms with van der Waals surface area (Å²) in [5, 5.41) is 3.82. The maximum atomic E-state index is 12.3. The Bertz CT molecular complexity index is 971. The SMILES string of the molecule is C[C@@H]1[C@@](C)(c2nc(NC(=O)c3ccc(OC(F)F)cn3)cs2)N=C(N)N(C)S1(O)O. The first kappa shape index (κ1) is 22.1. The molecule has 14 heteroatoms. The van der Waals surface area contributed by atoms with Crippen LogP contribution in [-0.2, 0) is 5.54 Å².